The molecule has 3 N–H and O–H groups in total. The van der Waals surface area contributed by atoms with Gasteiger partial charge in [-0.2, -0.15) is 13.2 Å². The van der Waals surface area contributed by atoms with Crippen LogP contribution in [-0.4, -0.2) is 47.4 Å². The first kappa shape index (κ1) is 23.8. The van der Waals surface area contributed by atoms with Crippen LogP contribution in [0.25, 0.3) is 0 Å². The van der Waals surface area contributed by atoms with Crippen molar-refractivity contribution in [1.29, 1.82) is 0 Å². The minimum atomic E-state index is -4.96. The summed E-state index contributed by atoms with van der Waals surface area (Å²) in [6, 6.07) is 5.02. The Kier molecular flexibility index (Phi) is 8.06. The first-order chi connectivity index (χ1) is 13.3. The van der Waals surface area contributed by atoms with E-state index in [-0.39, 0.29) is 6.42 Å². The molecular weight excluding hydrogens is 393 g/mol. The summed E-state index contributed by atoms with van der Waals surface area (Å²) in [4.78, 5) is 33.8. The first-order valence-electron chi connectivity index (χ1n) is 8.43. The Hall–Kier alpha value is -3.22. The zero-order valence-electron chi connectivity index (χ0n) is 16.0. The molecule has 0 aliphatic heterocycles. The number of amides is 2. The van der Waals surface area contributed by atoms with E-state index in [0.29, 0.717) is 11.1 Å². The van der Waals surface area contributed by atoms with Crippen LogP contribution in [0.1, 0.15) is 31.9 Å². The van der Waals surface area contributed by atoms with Crippen molar-refractivity contribution in [2.24, 2.45) is 0 Å². The molecule has 0 fully saturated rings. The Balaban J connectivity index is 2.66. The molecular formula is C19H21F3N2O5. The molecule has 10 heteroatoms. The summed E-state index contributed by atoms with van der Waals surface area (Å²) in [6.45, 7) is 4.48. The van der Waals surface area contributed by atoms with Crippen LogP contribution < -0.4 is 10.6 Å². The zero-order valence-corrected chi connectivity index (χ0v) is 16.0. The molecule has 0 radical (unpaired) electrons. The van der Waals surface area contributed by atoms with E-state index in [9.17, 15) is 32.7 Å². The molecule has 1 atom stereocenters. The number of alkyl carbamates (subject to hydrolysis) is 1. The molecule has 2 amide bonds. The van der Waals surface area contributed by atoms with Gasteiger partial charge in [-0.3, -0.25) is 4.79 Å². The number of hydrogen-bond acceptors (Lipinski definition) is 4. The third-order valence-corrected chi connectivity index (χ3v) is 3.21. The van der Waals surface area contributed by atoms with Gasteiger partial charge in [0.2, 0.25) is 0 Å². The van der Waals surface area contributed by atoms with Crippen molar-refractivity contribution < 1.29 is 37.4 Å². The predicted octanol–water partition coefficient (Wildman–Crippen LogP) is 2.24. The van der Waals surface area contributed by atoms with Gasteiger partial charge in [0.25, 0.3) is 0 Å². The fourth-order valence-corrected chi connectivity index (χ4v) is 1.98. The number of carboxylic acid groups (broad SMARTS) is 1. The number of nitrogens with one attached hydrogen (secondary N) is 2. The summed E-state index contributed by atoms with van der Waals surface area (Å²) in [5, 5.41) is 13.2. The molecule has 0 unspecified atom stereocenters. The van der Waals surface area contributed by atoms with Gasteiger partial charge in [0.1, 0.15) is 11.6 Å². The lowest BCUT2D eigenvalue weighted by molar-refractivity contribution is -0.173. The largest absolute Gasteiger partial charge is 0.480 e. The number of carboxylic acids is 1. The topological polar surface area (TPSA) is 105 Å². The number of rotatable bonds is 5. The van der Waals surface area contributed by atoms with Gasteiger partial charge in [0.05, 0.1) is 6.54 Å². The Morgan fingerprint density at radius 1 is 1.14 bits per heavy atom. The number of benzene rings is 1. The van der Waals surface area contributed by atoms with E-state index in [1.807, 2.05) is 0 Å². The highest BCUT2D eigenvalue weighted by atomic mass is 19.4. The molecule has 0 saturated carbocycles. The number of halogens is 3. The fourth-order valence-electron chi connectivity index (χ4n) is 1.98. The number of carbonyl (C=O) groups is 3. The molecule has 1 rings (SSSR count). The van der Waals surface area contributed by atoms with Crippen LogP contribution in [0.5, 0.6) is 0 Å². The van der Waals surface area contributed by atoms with Gasteiger partial charge in [-0.1, -0.05) is 24.0 Å². The number of alkyl halides is 3. The Morgan fingerprint density at radius 2 is 1.72 bits per heavy atom. The van der Waals surface area contributed by atoms with E-state index in [1.54, 1.807) is 50.4 Å². The van der Waals surface area contributed by atoms with Gasteiger partial charge >= 0.3 is 24.1 Å². The molecule has 158 valence electrons. The highest BCUT2D eigenvalue weighted by Crippen LogP contribution is 2.13. The molecule has 0 heterocycles. The second kappa shape index (κ2) is 9.82. The smallest absolute Gasteiger partial charge is 0.471 e. The Morgan fingerprint density at radius 3 is 2.21 bits per heavy atom. The van der Waals surface area contributed by atoms with Crippen LogP contribution in [0.3, 0.4) is 0 Å². The van der Waals surface area contributed by atoms with Crippen molar-refractivity contribution in [1.82, 2.24) is 10.6 Å². The average Bonchev–Trinajstić information content (AvgIpc) is 2.56. The maximum Gasteiger partial charge on any atom is 0.471 e. The van der Waals surface area contributed by atoms with Crippen molar-refractivity contribution in [3.05, 3.63) is 35.4 Å². The Bertz CT molecular complexity index is 802. The average molecular weight is 414 g/mol. The van der Waals surface area contributed by atoms with E-state index >= 15 is 0 Å². The monoisotopic (exact) mass is 414 g/mol. The van der Waals surface area contributed by atoms with Gasteiger partial charge < -0.3 is 20.5 Å². The molecule has 0 bridgehead atoms. The summed E-state index contributed by atoms with van der Waals surface area (Å²) in [5.41, 5.74) is 0.277. The lowest BCUT2D eigenvalue weighted by Crippen LogP contribution is -2.44. The van der Waals surface area contributed by atoms with Crippen molar-refractivity contribution in [3.63, 3.8) is 0 Å². The van der Waals surface area contributed by atoms with E-state index in [1.165, 1.54) is 0 Å². The van der Waals surface area contributed by atoms with E-state index < -0.39 is 42.3 Å². The molecule has 0 saturated heterocycles. The van der Waals surface area contributed by atoms with Gasteiger partial charge in [0.15, 0.2) is 0 Å². The van der Waals surface area contributed by atoms with Crippen molar-refractivity contribution in [2.75, 3.05) is 6.54 Å². The molecule has 29 heavy (non-hydrogen) atoms. The second-order valence-electron chi connectivity index (χ2n) is 6.92. The van der Waals surface area contributed by atoms with Crippen molar-refractivity contribution >= 4 is 18.0 Å². The summed E-state index contributed by atoms with van der Waals surface area (Å²) < 4.78 is 41.1. The number of aliphatic carboxylic acids is 1. The third-order valence-electron chi connectivity index (χ3n) is 3.21. The van der Waals surface area contributed by atoms with Crippen LogP contribution >= 0.6 is 0 Å². The van der Waals surface area contributed by atoms with Crippen molar-refractivity contribution in [2.45, 2.75) is 45.0 Å². The lowest BCUT2D eigenvalue weighted by Gasteiger charge is -2.22. The third kappa shape index (κ3) is 9.51. The Labute approximate surface area is 165 Å². The standard InChI is InChI=1S/C19H21F3N2O5/c1-18(2,3)29-17(28)24-14(15(25)26)11-13-8-6-12(7-9-13)5-4-10-23-16(27)19(20,21)22/h6-9,14H,10-11H2,1-3H3,(H,23,27)(H,24,28)(H,25,26)/t14-/m0/s1. The van der Waals surface area contributed by atoms with Gasteiger partial charge in [-0.05, 0) is 38.5 Å². The van der Waals surface area contributed by atoms with E-state index in [0.717, 1.165) is 0 Å². The first-order valence-corrected chi connectivity index (χ1v) is 8.43. The quantitative estimate of drug-likeness (QED) is 0.641. The number of hydrogen-bond donors (Lipinski definition) is 3. The molecule has 1 aromatic carbocycles. The van der Waals surface area contributed by atoms with Crippen molar-refractivity contribution in [3.8, 4) is 11.8 Å². The second-order valence-corrected chi connectivity index (χ2v) is 6.92. The van der Waals surface area contributed by atoms with Gasteiger partial charge in [-0.15, -0.1) is 0 Å². The zero-order chi connectivity index (χ0) is 22.2. The van der Waals surface area contributed by atoms with Crippen LogP contribution in [0.4, 0.5) is 18.0 Å². The number of carbonyl (C=O) groups excluding carboxylic acids is 2. The summed E-state index contributed by atoms with van der Waals surface area (Å²) in [5.74, 6) is 1.65. The minimum Gasteiger partial charge on any atom is -0.480 e. The molecule has 0 aliphatic rings. The molecule has 0 aliphatic carbocycles. The fraction of sp³-hybridized carbons (Fsp3) is 0.421. The molecule has 0 spiro atoms. The number of ether oxygens (including phenoxy) is 1. The van der Waals surface area contributed by atoms with Crippen LogP contribution in [0.15, 0.2) is 24.3 Å². The van der Waals surface area contributed by atoms with Crippen LogP contribution in [-0.2, 0) is 20.7 Å². The van der Waals surface area contributed by atoms with E-state index in [4.69, 9.17) is 4.74 Å². The minimum absolute atomic E-state index is 0.01000. The maximum atomic E-state index is 12.0. The maximum absolute atomic E-state index is 12.0. The normalized spacial score (nSPS) is 12.2. The van der Waals surface area contributed by atoms with Gasteiger partial charge in [-0.25, -0.2) is 9.59 Å². The van der Waals surface area contributed by atoms with Crippen LogP contribution in [0, 0.1) is 11.8 Å². The molecule has 7 nitrogen and oxygen atoms in total. The summed E-state index contributed by atoms with van der Waals surface area (Å²) >= 11 is 0. The summed E-state index contributed by atoms with van der Waals surface area (Å²) in [7, 11) is 0. The predicted molar refractivity (Wildman–Crippen MR) is 96.9 cm³/mol. The summed E-state index contributed by atoms with van der Waals surface area (Å²) in [6.07, 6.45) is -5.82. The van der Waals surface area contributed by atoms with Gasteiger partial charge in [0, 0.05) is 12.0 Å². The SMILES string of the molecule is CC(C)(C)OC(=O)N[C@@H](Cc1ccc(C#CCNC(=O)C(F)(F)F)cc1)C(=O)O. The van der Waals surface area contributed by atoms with E-state index in [2.05, 4.69) is 17.2 Å². The lowest BCUT2D eigenvalue weighted by atomic mass is 10.0. The van der Waals surface area contributed by atoms with Crippen LogP contribution in [0.2, 0.25) is 0 Å². The molecule has 1 aromatic rings. The molecule has 0 aromatic heterocycles. The highest BCUT2D eigenvalue weighted by molar-refractivity contribution is 5.82. The highest BCUT2D eigenvalue weighted by Gasteiger charge is 2.38.